The molecule has 0 aliphatic carbocycles. The molecule has 16 heavy (non-hydrogen) atoms. The molecule has 0 atom stereocenters. The lowest BCUT2D eigenvalue weighted by atomic mass is 10.2. The zero-order valence-corrected chi connectivity index (χ0v) is 8.54. The van der Waals surface area contributed by atoms with Gasteiger partial charge in [-0.1, -0.05) is 0 Å². The van der Waals surface area contributed by atoms with Gasteiger partial charge in [0, 0.05) is 25.2 Å². The van der Waals surface area contributed by atoms with Crippen LogP contribution in [0.25, 0.3) is 0 Å². The van der Waals surface area contributed by atoms with E-state index in [4.69, 9.17) is 0 Å². The highest BCUT2D eigenvalue weighted by Gasteiger charge is 2.30. The number of hydrogen-bond donors (Lipinski definition) is 0. The maximum Gasteiger partial charge on any atom is 0.416 e. The number of esters is 1. The van der Waals surface area contributed by atoms with Gasteiger partial charge < -0.3 is 4.74 Å². The molecule has 1 heterocycles. The number of alkyl halides is 3. The standard InChI is InChI=1S/C10H10F3NO2/c1-7(15)16-5-3-9-6-8(2-4-14-9)10(11,12)13/h2,4,6H,3,5H2,1H3. The summed E-state index contributed by atoms with van der Waals surface area (Å²) < 4.78 is 41.5. The van der Waals surface area contributed by atoms with Crippen LogP contribution in [0.2, 0.25) is 0 Å². The van der Waals surface area contributed by atoms with Crippen LogP contribution in [0.1, 0.15) is 18.2 Å². The first kappa shape index (κ1) is 12.5. The zero-order valence-electron chi connectivity index (χ0n) is 8.54. The number of rotatable bonds is 3. The van der Waals surface area contributed by atoms with Gasteiger partial charge >= 0.3 is 12.1 Å². The van der Waals surface area contributed by atoms with Gasteiger partial charge in [0.1, 0.15) is 0 Å². The van der Waals surface area contributed by atoms with Gasteiger partial charge in [0.25, 0.3) is 0 Å². The molecule has 1 aromatic rings. The van der Waals surface area contributed by atoms with Crippen molar-refractivity contribution < 1.29 is 22.7 Å². The molecular formula is C10H10F3NO2. The average molecular weight is 233 g/mol. The third-order valence-electron chi connectivity index (χ3n) is 1.81. The van der Waals surface area contributed by atoms with Crippen LogP contribution in [0.15, 0.2) is 18.3 Å². The predicted octanol–water partition coefficient (Wildman–Crippen LogP) is 2.21. The third-order valence-corrected chi connectivity index (χ3v) is 1.81. The Hall–Kier alpha value is -1.59. The molecule has 1 rings (SSSR count). The number of aromatic nitrogens is 1. The monoisotopic (exact) mass is 233 g/mol. The van der Waals surface area contributed by atoms with E-state index in [1.807, 2.05) is 0 Å². The Morgan fingerprint density at radius 3 is 2.75 bits per heavy atom. The van der Waals surface area contributed by atoms with Crippen molar-refractivity contribution in [3.63, 3.8) is 0 Å². The summed E-state index contributed by atoms with van der Waals surface area (Å²) in [6.07, 6.45) is -3.12. The van der Waals surface area contributed by atoms with Crippen LogP contribution in [-0.4, -0.2) is 17.6 Å². The first-order valence-corrected chi connectivity index (χ1v) is 4.55. The van der Waals surface area contributed by atoms with Crippen molar-refractivity contribution >= 4 is 5.97 Å². The van der Waals surface area contributed by atoms with Gasteiger partial charge in [0.2, 0.25) is 0 Å². The van der Waals surface area contributed by atoms with Crippen LogP contribution in [0.5, 0.6) is 0 Å². The minimum absolute atomic E-state index is 0.0314. The van der Waals surface area contributed by atoms with Crippen LogP contribution < -0.4 is 0 Å². The Balaban J connectivity index is 2.64. The summed E-state index contributed by atoms with van der Waals surface area (Å²) in [4.78, 5) is 14.2. The molecule has 0 saturated carbocycles. The Kier molecular flexibility index (Phi) is 3.87. The van der Waals surface area contributed by atoms with Gasteiger partial charge in [0.15, 0.2) is 0 Å². The highest BCUT2D eigenvalue weighted by atomic mass is 19.4. The van der Waals surface area contributed by atoms with Crippen molar-refractivity contribution in [2.45, 2.75) is 19.5 Å². The van der Waals surface area contributed by atoms with Crippen LogP contribution >= 0.6 is 0 Å². The van der Waals surface area contributed by atoms with Gasteiger partial charge in [-0.15, -0.1) is 0 Å². The summed E-state index contributed by atoms with van der Waals surface area (Å²) in [5.41, 5.74) is -0.503. The Morgan fingerprint density at radius 1 is 1.50 bits per heavy atom. The number of hydrogen-bond acceptors (Lipinski definition) is 3. The molecule has 0 fully saturated rings. The van der Waals surface area contributed by atoms with E-state index in [1.54, 1.807) is 0 Å². The first-order chi connectivity index (χ1) is 7.39. The zero-order chi connectivity index (χ0) is 12.2. The number of halogens is 3. The van der Waals surface area contributed by atoms with Crippen molar-refractivity contribution in [1.29, 1.82) is 0 Å². The van der Waals surface area contributed by atoms with Crippen LogP contribution in [0.4, 0.5) is 13.2 Å². The first-order valence-electron chi connectivity index (χ1n) is 4.55. The molecule has 88 valence electrons. The van der Waals surface area contributed by atoms with E-state index < -0.39 is 17.7 Å². The van der Waals surface area contributed by atoms with E-state index in [0.717, 1.165) is 18.3 Å². The van der Waals surface area contributed by atoms with Crippen molar-refractivity contribution in [1.82, 2.24) is 4.98 Å². The smallest absolute Gasteiger partial charge is 0.416 e. The van der Waals surface area contributed by atoms with Crippen LogP contribution in [0.3, 0.4) is 0 Å². The fourth-order valence-electron chi connectivity index (χ4n) is 1.09. The largest absolute Gasteiger partial charge is 0.465 e. The van der Waals surface area contributed by atoms with Gasteiger partial charge in [-0.2, -0.15) is 13.2 Å². The number of nitrogens with zero attached hydrogens (tertiary/aromatic N) is 1. The second-order valence-corrected chi connectivity index (χ2v) is 3.12. The van der Waals surface area contributed by atoms with Crippen LogP contribution in [0, 0.1) is 0 Å². The maximum absolute atomic E-state index is 12.3. The van der Waals surface area contributed by atoms with Crippen molar-refractivity contribution in [2.75, 3.05) is 6.61 Å². The summed E-state index contributed by atoms with van der Waals surface area (Å²) in [5.74, 6) is -0.466. The predicted molar refractivity (Wildman–Crippen MR) is 49.6 cm³/mol. The number of ether oxygens (including phenoxy) is 1. The molecule has 0 N–H and O–H groups in total. The summed E-state index contributed by atoms with van der Waals surface area (Å²) in [6, 6.07) is 1.85. The van der Waals surface area contributed by atoms with E-state index >= 15 is 0 Å². The van der Waals surface area contributed by atoms with Crippen molar-refractivity contribution in [2.24, 2.45) is 0 Å². The molecule has 0 spiro atoms. The highest BCUT2D eigenvalue weighted by molar-refractivity contribution is 5.65. The van der Waals surface area contributed by atoms with E-state index in [9.17, 15) is 18.0 Å². The maximum atomic E-state index is 12.3. The van der Waals surface area contributed by atoms with E-state index in [1.165, 1.54) is 6.92 Å². The molecule has 0 radical (unpaired) electrons. The van der Waals surface area contributed by atoms with E-state index in [0.29, 0.717) is 0 Å². The Morgan fingerprint density at radius 2 is 2.19 bits per heavy atom. The van der Waals surface area contributed by atoms with E-state index in [2.05, 4.69) is 9.72 Å². The molecule has 0 aromatic carbocycles. The fraction of sp³-hybridized carbons (Fsp3) is 0.400. The quantitative estimate of drug-likeness (QED) is 0.751. The summed E-state index contributed by atoms with van der Waals surface area (Å²) in [6.45, 7) is 1.27. The van der Waals surface area contributed by atoms with Gasteiger partial charge in [-0.3, -0.25) is 9.78 Å². The van der Waals surface area contributed by atoms with E-state index in [-0.39, 0.29) is 18.7 Å². The summed E-state index contributed by atoms with van der Waals surface area (Å²) in [7, 11) is 0. The molecule has 0 aliphatic heterocycles. The fourth-order valence-corrected chi connectivity index (χ4v) is 1.09. The Bertz CT molecular complexity index is 377. The summed E-state index contributed by atoms with van der Waals surface area (Å²) in [5, 5.41) is 0. The molecule has 0 saturated heterocycles. The third kappa shape index (κ3) is 3.88. The van der Waals surface area contributed by atoms with Gasteiger partial charge in [-0.05, 0) is 12.1 Å². The van der Waals surface area contributed by atoms with Crippen molar-refractivity contribution in [3.8, 4) is 0 Å². The lowest BCUT2D eigenvalue weighted by Crippen LogP contribution is -2.08. The second-order valence-electron chi connectivity index (χ2n) is 3.12. The topological polar surface area (TPSA) is 39.2 Å². The minimum Gasteiger partial charge on any atom is -0.465 e. The second kappa shape index (κ2) is 4.96. The molecular weight excluding hydrogens is 223 g/mol. The average Bonchev–Trinajstić information content (AvgIpc) is 2.16. The molecule has 0 bridgehead atoms. The molecule has 0 unspecified atom stereocenters. The lowest BCUT2D eigenvalue weighted by Gasteiger charge is -2.07. The SMILES string of the molecule is CC(=O)OCCc1cc(C(F)(F)F)ccn1. The molecule has 0 amide bonds. The normalized spacial score (nSPS) is 11.2. The molecule has 1 aromatic heterocycles. The number of pyridine rings is 1. The number of carbonyl (C=O) groups excluding carboxylic acids is 1. The van der Waals surface area contributed by atoms with Crippen LogP contribution in [-0.2, 0) is 22.1 Å². The van der Waals surface area contributed by atoms with Gasteiger partial charge in [-0.25, -0.2) is 0 Å². The van der Waals surface area contributed by atoms with Gasteiger partial charge in [0.05, 0.1) is 12.2 Å². The lowest BCUT2D eigenvalue weighted by molar-refractivity contribution is -0.141. The highest BCUT2D eigenvalue weighted by Crippen LogP contribution is 2.28. The summed E-state index contributed by atoms with van der Waals surface area (Å²) >= 11 is 0. The Labute approximate surface area is 90.2 Å². The molecule has 3 nitrogen and oxygen atoms in total. The number of carbonyl (C=O) groups is 1. The molecule has 0 aliphatic rings. The van der Waals surface area contributed by atoms with Crippen molar-refractivity contribution in [3.05, 3.63) is 29.6 Å². The molecule has 6 heteroatoms. The minimum atomic E-state index is -4.38.